The number of nitrogens with zero attached hydrogens (tertiary/aromatic N) is 4. The van der Waals surface area contributed by atoms with Gasteiger partial charge in [0, 0.05) is 67.4 Å². The third kappa shape index (κ3) is 7.14. The van der Waals surface area contributed by atoms with Gasteiger partial charge in [0.1, 0.15) is 0 Å². The van der Waals surface area contributed by atoms with Crippen LogP contribution in [0.1, 0.15) is 49.8 Å². The molecule has 3 unspecified atom stereocenters. The van der Waals surface area contributed by atoms with Crippen LogP contribution < -0.4 is 14.7 Å². The summed E-state index contributed by atoms with van der Waals surface area (Å²) in [6.45, 7) is 9.15. The average molecular weight is 881 g/mol. The van der Waals surface area contributed by atoms with Crippen LogP contribution in [0.2, 0.25) is 0 Å². The third-order valence-electron chi connectivity index (χ3n) is 14.8. The van der Waals surface area contributed by atoms with E-state index in [2.05, 4.69) is 265 Å². The van der Waals surface area contributed by atoms with Crippen LogP contribution in [-0.4, -0.2) is 10.6 Å². The van der Waals surface area contributed by atoms with E-state index in [1.165, 1.54) is 78.1 Å². The third-order valence-corrected chi connectivity index (χ3v) is 14.8. The average Bonchev–Trinajstić information content (AvgIpc) is 3.84. The number of aromatic nitrogens is 1. The normalized spacial score (nSPS) is 19.7. The van der Waals surface area contributed by atoms with Crippen LogP contribution >= 0.6 is 0 Å². The molecule has 332 valence electrons. The Morgan fingerprint density at radius 1 is 0.544 bits per heavy atom. The first kappa shape index (κ1) is 41.6. The number of fused-ring (bicyclic) bond motifs is 5. The monoisotopic (exact) mass is 880 g/mol. The highest BCUT2D eigenvalue weighted by atomic mass is 15.2. The van der Waals surface area contributed by atoms with Crippen molar-refractivity contribution >= 4 is 55.8 Å². The molecule has 0 amide bonds. The second-order valence-corrected chi connectivity index (χ2v) is 19.4. The molecule has 7 aromatic carbocycles. The van der Waals surface area contributed by atoms with Crippen LogP contribution in [0.4, 0.5) is 28.4 Å². The second-order valence-electron chi connectivity index (χ2n) is 19.4. The molecular formula is C64H56N4. The minimum atomic E-state index is -0.158. The molecule has 0 radical (unpaired) electrons. The van der Waals surface area contributed by atoms with E-state index in [-0.39, 0.29) is 11.5 Å². The summed E-state index contributed by atoms with van der Waals surface area (Å²) in [5, 5.41) is 2.48. The number of benzene rings is 7. The highest BCUT2D eigenvalue weighted by Crippen LogP contribution is 2.54. The van der Waals surface area contributed by atoms with Crippen molar-refractivity contribution in [3.8, 4) is 5.69 Å². The quantitative estimate of drug-likeness (QED) is 0.144. The van der Waals surface area contributed by atoms with Crippen molar-refractivity contribution < 1.29 is 0 Å². The molecule has 1 aromatic heterocycles. The summed E-state index contributed by atoms with van der Waals surface area (Å²) in [5.41, 5.74) is 19.8. The highest BCUT2D eigenvalue weighted by Gasteiger charge is 2.49. The zero-order valence-corrected chi connectivity index (χ0v) is 39.3. The summed E-state index contributed by atoms with van der Waals surface area (Å²) in [5.74, 6) is 0.506. The van der Waals surface area contributed by atoms with Gasteiger partial charge in [0.05, 0.1) is 17.1 Å². The molecule has 3 aliphatic carbocycles. The maximum atomic E-state index is 2.58. The van der Waals surface area contributed by atoms with Gasteiger partial charge < -0.3 is 19.3 Å². The van der Waals surface area contributed by atoms with E-state index >= 15 is 0 Å². The van der Waals surface area contributed by atoms with Gasteiger partial charge in [0.15, 0.2) is 0 Å². The van der Waals surface area contributed by atoms with Gasteiger partial charge in [-0.05, 0) is 172 Å². The van der Waals surface area contributed by atoms with Crippen LogP contribution in [0, 0.1) is 25.2 Å². The number of anilines is 5. The molecule has 4 aliphatic rings. The summed E-state index contributed by atoms with van der Waals surface area (Å²) in [6, 6.07) is 64.7. The summed E-state index contributed by atoms with van der Waals surface area (Å²) in [7, 11) is 0. The molecule has 0 N–H and O–H groups in total. The Kier molecular flexibility index (Phi) is 10.3. The summed E-state index contributed by atoms with van der Waals surface area (Å²) < 4.78 is 2.38. The predicted octanol–water partition coefficient (Wildman–Crippen LogP) is 16.6. The smallest absolute Gasteiger partial charge is 0.0653 e. The lowest BCUT2D eigenvalue weighted by Crippen LogP contribution is -2.40. The summed E-state index contributed by atoms with van der Waals surface area (Å²) in [4.78, 5) is 7.49. The fourth-order valence-corrected chi connectivity index (χ4v) is 11.3. The Labute approximate surface area is 401 Å². The number of rotatable bonds is 9. The van der Waals surface area contributed by atoms with Crippen LogP contribution in [0.15, 0.2) is 241 Å². The molecule has 8 aromatic rings. The number of allylic oxidation sites excluding steroid dienone is 7. The van der Waals surface area contributed by atoms with Crippen LogP contribution in [0.25, 0.3) is 33.1 Å². The molecule has 0 saturated carbocycles. The van der Waals surface area contributed by atoms with E-state index in [4.69, 9.17) is 0 Å². The highest BCUT2D eigenvalue weighted by molar-refractivity contribution is 6.10. The molecule has 68 heavy (non-hydrogen) atoms. The summed E-state index contributed by atoms with van der Waals surface area (Å²) in [6.07, 6.45) is 19.9. The molecule has 0 spiro atoms. The van der Waals surface area contributed by atoms with Crippen LogP contribution in [0.3, 0.4) is 0 Å². The minimum absolute atomic E-state index is 0.158. The molecule has 2 heterocycles. The van der Waals surface area contributed by atoms with E-state index < -0.39 is 0 Å². The maximum Gasteiger partial charge on any atom is 0.0653 e. The second kappa shape index (κ2) is 16.8. The maximum absolute atomic E-state index is 2.58. The van der Waals surface area contributed by atoms with E-state index in [0.29, 0.717) is 5.92 Å². The number of para-hydroxylation sites is 3. The lowest BCUT2D eigenvalue weighted by molar-refractivity contribution is 0.446. The van der Waals surface area contributed by atoms with E-state index in [1.54, 1.807) is 0 Å². The predicted molar refractivity (Wildman–Crippen MR) is 287 cm³/mol. The Morgan fingerprint density at radius 2 is 1.15 bits per heavy atom. The van der Waals surface area contributed by atoms with Crippen LogP contribution in [-0.2, 0) is 0 Å². The largest absolute Gasteiger partial charge is 0.333 e. The van der Waals surface area contributed by atoms with E-state index in [9.17, 15) is 0 Å². The summed E-state index contributed by atoms with van der Waals surface area (Å²) >= 11 is 0. The Balaban J connectivity index is 0.888. The fourth-order valence-electron chi connectivity index (χ4n) is 11.3. The molecule has 4 heteroatoms. The molecule has 1 aliphatic heterocycles. The first-order valence-corrected chi connectivity index (χ1v) is 24.3. The van der Waals surface area contributed by atoms with Gasteiger partial charge in [-0.15, -0.1) is 0 Å². The number of hydrogen-bond acceptors (Lipinski definition) is 3. The van der Waals surface area contributed by atoms with Gasteiger partial charge in [0.25, 0.3) is 0 Å². The van der Waals surface area contributed by atoms with Crippen LogP contribution in [0.5, 0.6) is 0 Å². The standard InChI is InChI=1S/C64H56N4/c1-44-19-28-51(29-20-44)65(55-36-39-61-58(42-55)57-17-11-12-18-60(57)67(61)49-13-7-5-8-14-49)53-32-24-47(25-33-53)48-26-34-54(35-27-48)66(52-30-21-45(2)22-31-52)56-37-40-63-64(4,43-56)59-41-46(3)23-38-62(59)68(63)50-15-9-6-10-16-50/h5-26,28-34,36-40,42-43,46,63H,27,35,41H2,1-4H3. The van der Waals surface area contributed by atoms with Gasteiger partial charge >= 0.3 is 0 Å². The number of aryl methyl sites for hydroxylation is 2. The number of hydrogen-bond donors (Lipinski definition) is 0. The fraction of sp³-hybridized carbons (Fsp3) is 0.156. The van der Waals surface area contributed by atoms with Gasteiger partial charge in [-0.25, -0.2) is 0 Å². The van der Waals surface area contributed by atoms with E-state index in [1.807, 2.05) is 0 Å². The first-order valence-electron chi connectivity index (χ1n) is 24.3. The molecule has 4 nitrogen and oxygen atoms in total. The molecule has 12 rings (SSSR count). The van der Waals surface area contributed by atoms with Crippen molar-refractivity contribution in [2.45, 2.75) is 53.0 Å². The van der Waals surface area contributed by atoms with Gasteiger partial charge in [0.2, 0.25) is 0 Å². The topological polar surface area (TPSA) is 14.7 Å². The SMILES string of the molecule is Cc1ccc(N(C2=CC3(C)C4=C(C=CC(C)C4)N(c4ccccc4)C3C=C2)C2=CC=C(c3ccc(N(c4ccc(C)cc4)c4ccc5c(c4)c4ccccc4n5-c4ccccc4)cc3)CC2)cc1. The zero-order chi connectivity index (χ0) is 45.9. The van der Waals surface area contributed by atoms with Crippen molar-refractivity contribution in [1.29, 1.82) is 0 Å². The van der Waals surface area contributed by atoms with Crippen molar-refractivity contribution in [3.63, 3.8) is 0 Å². The van der Waals surface area contributed by atoms with Gasteiger partial charge in [-0.2, -0.15) is 0 Å². The molecule has 0 saturated heterocycles. The Bertz CT molecular complexity index is 3400. The van der Waals surface area contributed by atoms with Crippen molar-refractivity contribution in [2.75, 3.05) is 14.7 Å². The first-order chi connectivity index (χ1) is 33.3. The lowest BCUT2D eigenvalue weighted by atomic mass is 9.71. The zero-order valence-electron chi connectivity index (χ0n) is 39.3. The Morgan fingerprint density at radius 3 is 1.82 bits per heavy atom. The van der Waals surface area contributed by atoms with E-state index in [0.717, 1.165) is 42.0 Å². The molecular weight excluding hydrogens is 825 g/mol. The van der Waals surface area contributed by atoms with Crippen molar-refractivity contribution in [1.82, 2.24) is 4.57 Å². The Hall–Kier alpha value is -7.82. The van der Waals surface area contributed by atoms with Crippen molar-refractivity contribution in [3.05, 3.63) is 258 Å². The molecule has 0 fully saturated rings. The van der Waals surface area contributed by atoms with Gasteiger partial charge in [-0.3, -0.25) is 0 Å². The van der Waals surface area contributed by atoms with Crippen molar-refractivity contribution in [2.24, 2.45) is 11.3 Å². The minimum Gasteiger partial charge on any atom is -0.333 e. The van der Waals surface area contributed by atoms with Gasteiger partial charge in [-0.1, -0.05) is 127 Å². The molecule has 3 atom stereocenters. The molecule has 0 bridgehead atoms. The lowest BCUT2D eigenvalue weighted by Gasteiger charge is -2.40.